The highest BCUT2D eigenvalue weighted by Crippen LogP contribution is 2.21. The average Bonchev–Trinajstić information content (AvgIpc) is 2.28. The second-order valence-corrected chi connectivity index (χ2v) is 3.86. The molecule has 1 amide bonds. The van der Waals surface area contributed by atoms with Crippen molar-refractivity contribution in [2.24, 2.45) is 0 Å². The summed E-state index contributed by atoms with van der Waals surface area (Å²) < 4.78 is 0. The number of amides is 1. The molecule has 0 aliphatic heterocycles. The molecule has 0 radical (unpaired) electrons. The molecule has 1 rings (SSSR count). The molecule has 1 aromatic rings. The molecule has 3 N–H and O–H groups in total. The molecule has 4 nitrogen and oxygen atoms in total. The second-order valence-electron chi connectivity index (χ2n) is 3.42. The topological polar surface area (TPSA) is 69.6 Å². The Balaban J connectivity index is 2.83. The lowest BCUT2D eigenvalue weighted by molar-refractivity contribution is 0.0912. The predicted molar refractivity (Wildman–Crippen MR) is 61.7 cm³/mol. The van der Waals surface area contributed by atoms with Crippen molar-refractivity contribution in [3.8, 4) is 5.75 Å². The number of aliphatic hydroxyl groups is 1. The van der Waals surface area contributed by atoms with Gasteiger partial charge in [0.05, 0.1) is 18.2 Å². The summed E-state index contributed by atoms with van der Waals surface area (Å²) in [6.07, 6.45) is 0.615. The van der Waals surface area contributed by atoms with Gasteiger partial charge in [-0.3, -0.25) is 4.79 Å². The van der Waals surface area contributed by atoms with Crippen LogP contribution in [0.2, 0.25) is 5.02 Å². The van der Waals surface area contributed by atoms with E-state index in [0.29, 0.717) is 11.4 Å². The molecule has 0 aliphatic carbocycles. The van der Waals surface area contributed by atoms with Gasteiger partial charge in [-0.15, -0.1) is 0 Å². The molecule has 0 saturated heterocycles. The molecule has 0 aromatic heterocycles. The first-order valence-corrected chi connectivity index (χ1v) is 5.36. The maximum atomic E-state index is 11.7. The second kappa shape index (κ2) is 5.72. The normalized spacial score (nSPS) is 12.2. The van der Waals surface area contributed by atoms with E-state index in [9.17, 15) is 9.90 Å². The van der Waals surface area contributed by atoms with E-state index in [2.05, 4.69) is 5.32 Å². The molecule has 5 heteroatoms. The van der Waals surface area contributed by atoms with Crippen LogP contribution in [0.4, 0.5) is 0 Å². The summed E-state index contributed by atoms with van der Waals surface area (Å²) in [6.45, 7) is 1.71. The standard InChI is InChI=1S/C11H14ClNO3/c1-2-8(6-14)13-11(16)9-5-7(12)3-4-10(9)15/h3-5,8,14-15H,2,6H2,1H3,(H,13,16)/t8-/m0/s1. The maximum Gasteiger partial charge on any atom is 0.255 e. The van der Waals surface area contributed by atoms with Crippen molar-refractivity contribution in [3.63, 3.8) is 0 Å². The molecule has 1 atom stereocenters. The lowest BCUT2D eigenvalue weighted by atomic mass is 10.1. The lowest BCUT2D eigenvalue weighted by Crippen LogP contribution is -2.36. The fourth-order valence-electron chi connectivity index (χ4n) is 1.23. The lowest BCUT2D eigenvalue weighted by Gasteiger charge is -2.14. The summed E-state index contributed by atoms with van der Waals surface area (Å²) in [5.41, 5.74) is 0.111. The van der Waals surface area contributed by atoms with Crippen LogP contribution in [0.5, 0.6) is 5.75 Å². The predicted octanol–water partition coefficient (Wildman–Crippen LogP) is 1.55. The number of aromatic hydroxyl groups is 1. The molecule has 0 fully saturated rings. The Morgan fingerprint density at radius 2 is 2.25 bits per heavy atom. The van der Waals surface area contributed by atoms with E-state index >= 15 is 0 Å². The Kier molecular flexibility index (Phi) is 4.58. The molecule has 0 saturated carbocycles. The van der Waals surface area contributed by atoms with Crippen LogP contribution in [0.3, 0.4) is 0 Å². The van der Waals surface area contributed by atoms with Crippen molar-refractivity contribution in [2.45, 2.75) is 19.4 Å². The van der Waals surface area contributed by atoms with Gasteiger partial charge in [-0.05, 0) is 24.6 Å². The van der Waals surface area contributed by atoms with Crippen molar-refractivity contribution in [3.05, 3.63) is 28.8 Å². The van der Waals surface area contributed by atoms with Crippen LogP contribution in [-0.4, -0.2) is 28.8 Å². The van der Waals surface area contributed by atoms with Crippen molar-refractivity contribution < 1.29 is 15.0 Å². The zero-order valence-corrected chi connectivity index (χ0v) is 9.66. The summed E-state index contributed by atoms with van der Waals surface area (Å²) in [4.78, 5) is 11.7. The molecular weight excluding hydrogens is 230 g/mol. The molecule has 88 valence electrons. The zero-order valence-electron chi connectivity index (χ0n) is 8.90. The monoisotopic (exact) mass is 243 g/mol. The van der Waals surface area contributed by atoms with Crippen LogP contribution in [0.25, 0.3) is 0 Å². The number of benzene rings is 1. The third kappa shape index (κ3) is 3.12. The van der Waals surface area contributed by atoms with Gasteiger partial charge in [0.1, 0.15) is 5.75 Å². The Morgan fingerprint density at radius 1 is 1.56 bits per heavy atom. The van der Waals surface area contributed by atoms with E-state index in [4.69, 9.17) is 16.7 Å². The maximum absolute atomic E-state index is 11.7. The van der Waals surface area contributed by atoms with E-state index in [1.807, 2.05) is 6.92 Å². The summed E-state index contributed by atoms with van der Waals surface area (Å²) >= 11 is 5.72. The van der Waals surface area contributed by atoms with Gasteiger partial charge in [0.2, 0.25) is 0 Å². The molecular formula is C11H14ClNO3. The van der Waals surface area contributed by atoms with Crippen LogP contribution in [0, 0.1) is 0 Å². The minimum atomic E-state index is -0.444. The largest absolute Gasteiger partial charge is 0.507 e. The number of aliphatic hydroxyl groups excluding tert-OH is 1. The SMILES string of the molecule is CC[C@@H](CO)NC(=O)c1cc(Cl)ccc1O. The van der Waals surface area contributed by atoms with Crippen molar-refractivity contribution in [2.75, 3.05) is 6.61 Å². The molecule has 0 bridgehead atoms. The van der Waals surface area contributed by atoms with Crippen molar-refractivity contribution in [1.82, 2.24) is 5.32 Å². The summed E-state index contributed by atoms with van der Waals surface area (Å²) in [5, 5.41) is 21.4. The van der Waals surface area contributed by atoms with Gasteiger partial charge in [0.15, 0.2) is 0 Å². The molecule has 1 aromatic carbocycles. The minimum Gasteiger partial charge on any atom is -0.507 e. The molecule has 0 unspecified atom stereocenters. The molecule has 0 spiro atoms. The first-order valence-electron chi connectivity index (χ1n) is 4.98. The van der Waals surface area contributed by atoms with Gasteiger partial charge < -0.3 is 15.5 Å². The van der Waals surface area contributed by atoms with Crippen LogP contribution in [-0.2, 0) is 0 Å². The number of nitrogens with one attached hydrogen (secondary N) is 1. The number of hydrogen-bond donors (Lipinski definition) is 3. The third-order valence-electron chi connectivity index (χ3n) is 2.25. The fourth-order valence-corrected chi connectivity index (χ4v) is 1.40. The Labute approximate surface area is 98.9 Å². The highest BCUT2D eigenvalue weighted by molar-refractivity contribution is 6.31. The molecule has 16 heavy (non-hydrogen) atoms. The quantitative estimate of drug-likeness (QED) is 0.752. The Hall–Kier alpha value is -1.26. The van der Waals surface area contributed by atoms with Crippen LogP contribution in [0.1, 0.15) is 23.7 Å². The number of halogens is 1. The number of phenolic OH excluding ortho intramolecular Hbond substituents is 1. The summed E-state index contributed by atoms with van der Waals surface area (Å²) in [5.74, 6) is -0.574. The van der Waals surface area contributed by atoms with E-state index < -0.39 is 5.91 Å². The fraction of sp³-hybridized carbons (Fsp3) is 0.364. The van der Waals surface area contributed by atoms with Gasteiger partial charge in [-0.25, -0.2) is 0 Å². The number of carbonyl (C=O) groups excluding carboxylic acids is 1. The Bertz CT molecular complexity index is 377. The Morgan fingerprint density at radius 3 is 2.81 bits per heavy atom. The van der Waals surface area contributed by atoms with Gasteiger partial charge in [-0.1, -0.05) is 18.5 Å². The van der Waals surface area contributed by atoms with Gasteiger partial charge in [-0.2, -0.15) is 0 Å². The van der Waals surface area contributed by atoms with Crippen LogP contribution < -0.4 is 5.32 Å². The summed E-state index contributed by atoms with van der Waals surface area (Å²) in [6, 6.07) is 3.93. The van der Waals surface area contributed by atoms with E-state index in [0.717, 1.165) is 0 Å². The number of carbonyl (C=O) groups is 1. The summed E-state index contributed by atoms with van der Waals surface area (Å²) in [7, 11) is 0. The smallest absolute Gasteiger partial charge is 0.255 e. The average molecular weight is 244 g/mol. The van der Waals surface area contributed by atoms with Gasteiger partial charge in [0.25, 0.3) is 5.91 Å². The van der Waals surface area contributed by atoms with Crippen LogP contribution in [0.15, 0.2) is 18.2 Å². The number of phenols is 1. The molecule has 0 heterocycles. The van der Waals surface area contributed by atoms with Crippen molar-refractivity contribution >= 4 is 17.5 Å². The zero-order chi connectivity index (χ0) is 12.1. The van der Waals surface area contributed by atoms with E-state index in [1.165, 1.54) is 18.2 Å². The molecule has 0 aliphatic rings. The van der Waals surface area contributed by atoms with E-state index in [-0.39, 0.29) is 24.0 Å². The first-order chi connectivity index (χ1) is 7.58. The van der Waals surface area contributed by atoms with Gasteiger partial charge >= 0.3 is 0 Å². The number of rotatable bonds is 4. The van der Waals surface area contributed by atoms with E-state index in [1.54, 1.807) is 0 Å². The third-order valence-corrected chi connectivity index (χ3v) is 2.49. The number of hydrogen-bond acceptors (Lipinski definition) is 3. The van der Waals surface area contributed by atoms with Gasteiger partial charge in [0, 0.05) is 5.02 Å². The highest BCUT2D eigenvalue weighted by atomic mass is 35.5. The van der Waals surface area contributed by atoms with Crippen molar-refractivity contribution in [1.29, 1.82) is 0 Å². The minimum absolute atomic E-state index is 0.111. The highest BCUT2D eigenvalue weighted by Gasteiger charge is 2.14. The van der Waals surface area contributed by atoms with Crippen LogP contribution >= 0.6 is 11.6 Å². The first kappa shape index (κ1) is 12.8.